The maximum Gasteiger partial charge on any atom is 0.256 e. The Morgan fingerprint density at radius 2 is 1.60 bits per heavy atom. The molecule has 3 aromatic heterocycles. The average Bonchev–Trinajstić information content (AvgIpc) is 3.25. The summed E-state index contributed by atoms with van der Waals surface area (Å²) < 4.78 is 1.57. The second-order valence-corrected chi connectivity index (χ2v) is 6.48. The molecule has 0 saturated heterocycles. The van der Waals surface area contributed by atoms with E-state index in [1.165, 1.54) is 6.33 Å². The summed E-state index contributed by atoms with van der Waals surface area (Å²) in [7, 11) is 0. The Morgan fingerprint density at radius 1 is 0.833 bits per heavy atom. The topological polar surface area (TPSA) is 98.5 Å². The van der Waals surface area contributed by atoms with Crippen LogP contribution in [-0.2, 0) is 0 Å². The first kappa shape index (κ1) is 17.6. The molecule has 0 unspecified atom stereocenters. The number of amides is 1. The minimum Gasteiger partial charge on any atom is -0.306 e. The number of anilines is 1. The van der Waals surface area contributed by atoms with Gasteiger partial charge in [-0.2, -0.15) is 9.78 Å². The summed E-state index contributed by atoms with van der Waals surface area (Å²) in [6.45, 7) is 0. The van der Waals surface area contributed by atoms with Crippen molar-refractivity contribution in [2.45, 2.75) is 0 Å². The number of aromatic nitrogens is 6. The van der Waals surface area contributed by atoms with Gasteiger partial charge in [-0.25, -0.2) is 9.97 Å². The second-order valence-electron chi connectivity index (χ2n) is 6.48. The van der Waals surface area contributed by atoms with Crippen molar-refractivity contribution in [3.8, 4) is 17.1 Å². The number of rotatable bonds is 4. The zero-order chi connectivity index (χ0) is 20.3. The molecule has 3 heterocycles. The van der Waals surface area contributed by atoms with E-state index in [1.54, 1.807) is 35.1 Å². The SMILES string of the molecule is O=C(Nc1ncnc2c1cnn2-c1ccc(-c2ccccc2)nn1)c1ccccc1. The predicted molar refractivity (Wildman–Crippen MR) is 112 cm³/mol. The van der Waals surface area contributed by atoms with E-state index < -0.39 is 0 Å². The summed E-state index contributed by atoms with van der Waals surface area (Å²) in [6.07, 6.45) is 2.98. The smallest absolute Gasteiger partial charge is 0.256 e. The molecule has 0 aliphatic carbocycles. The number of nitrogens with one attached hydrogen (secondary N) is 1. The molecular weight excluding hydrogens is 378 g/mol. The van der Waals surface area contributed by atoms with Crippen LogP contribution < -0.4 is 5.32 Å². The van der Waals surface area contributed by atoms with Crippen LogP contribution in [0.4, 0.5) is 5.82 Å². The van der Waals surface area contributed by atoms with Gasteiger partial charge in [-0.1, -0.05) is 48.5 Å². The average molecular weight is 393 g/mol. The molecule has 0 atom stereocenters. The van der Waals surface area contributed by atoms with Crippen LogP contribution in [0.25, 0.3) is 28.1 Å². The summed E-state index contributed by atoms with van der Waals surface area (Å²) in [5.74, 6) is 0.646. The minimum absolute atomic E-state index is 0.254. The van der Waals surface area contributed by atoms with Crippen molar-refractivity contribution in [1.82, 2.24) is 29.9 Å². The van der Waals surface area contributed by atoms with Gasteiger partial charge in [-0.3, -0.25) is 4.79 Å². The zero-order valence-electron chi connectivity index (χ0n) is 15.7. The Labute approximate surface area is 171 Å². The fourth-order valence-corrected chi connectivity index (χ4v) is 3.08. The molecule has 30 heavy (non-hydrogen) atoms. The van der Waals surface area contributed by atoms with Crippen molar-refractivity contribution in [2.75, 3.05) is 5.32 Å². The Bertz CT molecular complexity index is 1320. The molecule has 8 nitrogen and oxygen atoms in total. The molecule has 144 valence electrons. The second kappa shape index (κ2) is 7.51. The molecule has 0 saturated carbocycles. The van der Waals surface area contributed by atoms with Crippen LogP contribution in [-0.4, -0.2) is 35.9 Å². The fourth-order valence-electron chi connectivity index (χ4n) is 3.08. The van der Waals surface area contributed by atoms with E-state index in [0.717, 1.165) is 11.3 Å². The molecule has 0 aliphatic heterocycles. The van der Waals surface area contributed by atoms with Crippen LogP contribution >= 0.6 is 0 Å². The third-order valence-corrected chi connectivity index (χ3v) is 4.57. The first-order valence-electron chi connectivity index (χ1n) is 9.24. The largest absolute Gasteiger partial charge is 0.306 e. The molecule has 8 heteroatoms. The van der Waals surface area contributed by atoms with Gasteiger partial charge in [0.15, 0.2) is 11.5 Å². The van der Waals surface area contributed by atoms with Crippen molar-refractivity contribution in [3.63, 3.8) is 0 Å². The van der Waals surface area contributed by atoms with Crippen LogP contribution in [0.15, 0.2) is 85.3 Å². The van der Waals surface area contributed by atoms with Crippen molar-refractivity contribution in [1.29, 1.82) is 0 Å². The van der Waals surface area contributed by atoms with Crippen molar-refractivity contribution in [3.05, 3.63) is 90.9 Å². The highest BCUT2D eigenvalue weighted by atomic mass is 16.1. The van der Waals surface area contributed by atoms with Crippen LogP contribution in [0.1, 0.15) is 10.4 Å². The monoisotopic (exact) mass is 393 g/mol. The summed E-state index contributed by atoms with van der Waals surface area (Å²) in [4.78, 5) is 21.0. The first-order valence-corrected chi connectivity index (χ1v) is 9.24. The van der Waals surface area contributed by atoms with Gasteiger partial charge >= 0.3 is 0 Å². The molecule has 0 bridgehead atoms. The molecule has 0 spiro atoms. The van der Waals surface area contributed by atoms with E-state index in [0.29, 0.717) is 28.2 Å². The lowest BCUT2D eigenvalue weighted by Gasteiger charge is -2.06. The fraction of sp³-hybridized carbons (Fsp3) is 0. The Hall–Kier alpha value is -4.46. The number of hydrogen-bond donors (Lipinski definition) is 1. The highest BCUT2D eigenvalue weighted by molar-refractivity contribution is 6.07. The van der Waals surface area contributed by atoms with E-state index in [1.807, 2.05) is 48.5 Å². The molecule has 5 aromatic rings. The third kappa shape index (κ3) is 3.26. The Balaban J connectivity index is 1.47. The molecular formula is C22H15N7O. The molecule has 2 aromatic carbocycles. The Morgan fingerprint density at radius 3 is 2.33 bits per heavy atom. The summed E-state index contributed by atoms with van der Waals surface area (Å²) in [5.41, 5.74) is 2.81. The van der Waals surface area contributed by atoms with Gasteiger partial charge in [0, 0.05) is 11.1 Å². The minimum atomic E-state index is -0.254. The highest BCUT2D eigenvalue weighted by Crippen LogP contribution is 2.22. The highest BCUT2D eigenvalue weighted by Gasteiger charge is 2.15. The molecule has 0 fully saturated rings. The van der Waals surface area contributed by atoms with Gasteiger partial charge in [0.2, 0.25) is 0 Å². The van der Waals surface area contributed by atoms with Crippen LogP contribution in [0.2, 0.25) is 0 Å². The first-order chi connectivity index (χ1) is 14.8. The van der Waals surface area contributed by atoms with Crippen LogP contribution in [0.5, 0.6) is 0 Å². The van der Waals surface area contributed by atoms with Gasteiger partial charge < -0.3 is 5.32 Å². The van der Waals surface area contributed by atoms with Gasteiger partial charge in [-0.05, 0) is 24.3 Å². The van der Waals surface area contributed by atoms with E-state index in [4.69, 9.17) is 0 Å². The predicted octanol–water partition coefficient (Wildman–Crippen LogP) is 3.52. The lowest BCUT2D eigenvalue weighted by molar-refractivity contribution is 0.102. The van der Waals surface area contributed by atoms with Crippen LogP contribution in [0, 0.1) is 0 Å². The van der Waals surface area contributed by atoms with Crippen molar-refractivity contribution in [2.24, 2.45) is 0 Å². The summed E-state index contributed by atoms with van der Waals surface area (Å²) in [6, 6.07) is 22.5. The van der Waals surface area contributed by atoms with Crippen molar-refractivity contribution >= 4 is 22.8 Å². The van der Waals surface area contributed by atoms with E-state index >= 15 is 0 Å². The van der Waals surface area contributed by atoms with Gasteiger partial charge in [0.05, 0.1) is 17.3 Å². The molecule has 0 radical (unpaired) electrons. The Kier molecular flexibility index (Phi) is 4.41. The van der Waals surface area contributed by atoms with Gasteiger partial charge in [0.1, 0.15) is 12.1 Å². The number of fused-ring (bicyclic) bond motifs is 1. The zero-order valence-corrected chi connectivity index (χ0v) is 15.7. The molecule has 5 rings (SSSR count). The number of nitrogens with zero attached hydrogens (tertiary/aromatic N) is 6. The van der Waals surface area contributed by atoms with Gasteiger partial charge in [-0.15, -0.1) is 10.2 Å². The number of carbonyl (C=O) groups excluding carboxylic acids is 1. The van der Waals surface area contributed by atoms with Crippen molar-refractivity contribution < 1.29 is 4.79 Å². The maximum atomic E-state index is 12.5. The van der Waals surface area contributed by atoms with E-state index in [2.05, 4.69) is 30.6 Å². The number of hydrogen-bond acceptors (Lipinski definition) is 6. The van der Waals surface area contributed by atoms with Crippen LogP contribution in [0.3, 0.4) is 0 Å². The summed E-state index contributed by atoms with van der Waals surface area (Å²) >= 11 is 0. The number of carbonyl (C=O) groups is 1. The van der Waals surface area contributed by atoms with E-state index in [9.17, 15) is 4.79 Å². The standard InChI is InChI=1S/C22H15N7O/c30-22(16-9-5-2-6-10-16)26-20-17-13-25-29(21(17)24-14-23-20)19-12-11-18(27-28-19)15-7-3-1-4-8-15/h1-14H,(H,23,24,26,30). The number of benzene rings is 2. The van der Waals surface area contributed by atoms with E-state index in [-0.39, 0.29) is 5.91 Å². The quantitative estimate of drug-likeness (QED) is 0.502. The van der Waals surface area contributed by atoms with Gasteiger partial charge in [0.25, 0.3) is 5.91 Å². The lowest BCUT2D eigenvalue weighted by Crippen LogP contribution is -2.13. The normalized spacial score (nSPS) is 10.8. The third-order valence-electron chi connectivity index (χ3n) is 4.57. The molecule has 0 aliphatic rings. The molecule has 1 N–H and O–H groups in total. The lowest BCUT2D eigenvalue weighted by atomic mass is 10.1. The molecule has 1 amide bonds. The summed E-state index contributed by atoms with van der Waals surface area (Å²) in [5, 5.41) is 16.4. The maximum absolute atomic E-state index is 12.5.